The first-order valence-electron chi connectivity index (χ1n) is 7.01. The average Bonchev–Trinajstić information content (AvgIpc) is 3.03. The van der Waals surface area contributed by atoms with Gasteiger partial charge >= 0.3 is 0 Å². The number of nitrogens with zero attached hydrogens (tertiary/aromatic N) is 3. The van der Waals surface area contributed by atoms with E-state index in [9.17, 15) is 0 Å². The van der Waals surface area contributed by atoms with E-state index in [-0.39, 0.29) is 0 Å². The number of ether oxygens (including phenoxy) is 1. The van der Waals surface area contributed by atoms with Crippen LogP contribution in [0.3, 0.4) is 0 Å². The quantitative estimate of drug-likeness (QED) is 0.851. The van der Waals surface area contributed by atoms with Crippen LogP contribution in [0.1, 0.15) is 22.2 Å². The number of nitrogens with one attached hydrogen (secondary N) is 1. The third-order valence-electron chi connectivity index (χ3n) is 3.62. The number of hydrogen-bond donors (Lipinski definition) is 1. The van der Waals surface area contributed by atoms with Gasteiger partial charge in [0.15, 0.2) is 0 Å². The Balaban J connectivity index is 2.00. The number of hydrogen-bond acceptors (Lipinski definition) is 5. The number of methoxy groups -OCH3 is 1. The fourth-order valence-electron chi connectivity index (χ4n) is 2.49. The van der Waals surface area contributed by atoms with Crippen molar-refractivity contribution < 1.29 is 4.74 Å². The van der Waals surface area contributed by atoms with Crippen molar-refractivity contribution in [2.45, 2.75) is 19.5 Å². The van der Waals surface area contributed by atoms with Gasteiger partial charge < -0.3 is 15.0 Å². The molecule has 21 heavy (non-hydrogen) atoms. The summed E-state index contributed by atoms with van der Waals surface area (Å²) in [6.07, 6.45) is 0. The Bertz CT molecular complexity index is 562. The van der Waals surface area contributed by atoms with Crippen LogP contribution < -0.4 is 10.1 Å². The number of rotatable bonds is 7. The molecule has 0 unspecified atom stereocenters. The normalized spacial score (nSPS) is 12.9. The van der Waals surface area contributed by atoms with Crippen molar-refractivity contribution >= 4 is 11.3 Å². The monoisotopic (exact) mass is 308 g/mol. The SMILES string of the molecule is COc1c(CNC[C@@H](c2cccs2)N(C)C)c(C)nn1C. The van der Waals surface area contributed by atoms with Crippen LogP contribution in [0.25, 0.3) is 0 Å². The van der Waals surface area contributed by atoms with Crippen LogP contribution in [0.5, 0.6) is 5.88 Å². The van der Waals surface area contributed by atoms with Gasteiger partial charge in [-0.25, -0.2) is 4.68 Å². The van der Waals surface area contributed by atoms with E-state index in [1.165, 1.54) is 4.88 Å². The highest BCUT2D eigenvalue weighted by Gasteiger charge is 2.17. The van der Waals surface area contributed by atoms with Crippen LogP contribution in [0.15, 0.2) is 17.5 Å². The van der Waals surface area contributed by atoms with Gasteiger partial charge in [0.25, 0.3) is 0 Å². The van der Waals surface area contributed by atoms with Gasteiger partial charge in [0.05, 0.1) is 24.4 Å². The Morgan fingerprint density at radius 2 is 2.24 bits per heavy atom. The summed E-state index contributed by atoms with van der Waals surface area (Å²) in [5, 5.41) is 10.1. The molecular formula is C15H24N4OS. The molecule has 0 bridgehead atoms. The second-order valence-corrected chi connectivity index (χ2v) is 6.30. The second kappa shape index (κ2) is 7.06. The molecule has 5 nitrogen and oxygen atoms in total. The molecule has 2 rings (SSSR count). The zero-order valence-corrected chi connectivity index (χ0v) is 14.2. The van der Waals surface area contributed by atoms with Crippen molar-refractivity contribution in [1.82, 2.24) is 20.0 Å². The van der Waals surface area contributed by atoms with Gasteiger partial charge in [0.1, 0.15) is 0 Å². The fourth-order valence-corrected chi connectivity index (χ4v) is 3.41. The van der Waals surface area contributed by atoms with Crippen molar-refractivity contribution in [3.63, 3.8) is 0 Å². The zero-order valence-electron chi connectivity index (χ0n) is 13.4. The maximum atomic E-state index is 5.43. The van der Waals surface area contributed by atoms with E-state index in [2.05, 4.69) is 46.9 Å². The molecule has 0 saturated heterocycles. The van der Waals surface area contributed by atoms with Crippen LogP contribution >= 0.6 is 11.3 Å². The lowest BCUT2D eigenvalue weighted by Crippen LogP contribution is -2.30. The van der Waals surface area contributed by atoms with E-state index in [4.69, 9.17) is 4.74 Å². The molecule has 0 aliphatic rings. The maximum absolute atomic E-state index is 5.43. The Morgan fingerprint density at radius 3 is 2.81 bits per heavy atom. The van der Waals surface area contributed by atoms with Crippen LogP contribution in [0, 0.1) is 6.92 Å². The minimum absolute atomic E-state index is 0.382. The highest BCUT2D eigenvalue weighted by atomic mass is 32.1. The van der Waals surface area contributed by atoms with E-state index in [0.717, 1.165) is 30.2 Å². The van der Waals surface area contributed by atoms with Crippen molar-refractivity contribution in [2.24, 2.45) is 7.05 Å². The summed E-state index contributed by atoms with van der Waals surface area (Å²) in [7, 11) is 7.82. The highest BCUT2D eigenvalue weighted by Crippen LogP contribution is 2.24. The molecule has 0 spiro atoms. The molecular weight excluding hydrogens is 284 g/mol. The lowest BCUT2D eigenvalue weighted by molar-refractivity contribution is 0.291. The fraction of sp³-hybridized carbons (Fsp3) is 0.533. The van der Waals surface area contributed by atoms with E-state index in [1.54, 1.807) is 23.1 Å². The van der Waals surface area contributed by atoms with Gasteiger partial charge in [-0.3, -0.25) is 0 Å². The van der Waals surface area contributed by atoms with Gasteiger partial charge in [-0.1, -0.05) is 6.07 Å². The maximum Gasteiger partial charge on any atom is 0.216 e. The summed E-state index contributed by atoms with van der Waals surface area (Å²) in [5.41, 5.74) is 2.14. The standard InChI is InChI=1S/C15H24N4OS/c1-11-12(15(20-5)19(4)17-11)9-16-10-13(18(2)3)14-7-6-8-21-14/h6-8,13,16H,9-10H2,1-5H3/t13-/m0/s1. The van der Waals surface area contributed by atoms with Gasteiger partial charge in [0.2, 0.25) is 5.88 Å². The van der Waals surface area contributed by atoms with Gasteiger partial charge in [-0.2, -0.15) is 5.10 Å². The summed E-state index contributed by atoms with van der Waals surface area (Å²) in [5.74, 6) is 0.831. The molecule has 2 heterocycles. The Labute approximate surface area is 130 Å². The molecule has 2 aromatic heterocycles. The summed E-state index contributed by atoms with van der Waals surface area (Å²) < 4.78 is 7.21. The molecule has 0 saturated carbocycles. The van der Waals surface area contributed by atoms with Crippen LogP contribution in [0.4, 0.5) is 0 Å². The minimum Gasteiger partial charge on any atom is -0.481 e. The predicted molar refractivity (Wildman–Crippen MR) is 87.0 cm³/mol. The van der Waals surface area contributed by atoms with Crippen molar-refractivity contribution in [1.29, 1.82) is 0 Å². The van der Waals surface area contributed by atoms with Crippen molar-refractivity contribution in [3.8, 4) is 5.88 Å². The van der Waals surface area contributed by atoms with E-state index < -0.39 is 0 Å². The summed E-state index contributed by atoms with van der Waals surface area (Å²) in [6.45, 7) is 3.67. The third-order valence-corrected chi connectivity index (χ3v) is 4.59. The molecule has 1 atom stereocenters. The first-order valence-corrected chi connectivity index (χ1v) is 7.89. The van der Waals surface area contributed by atoms with E-state index in [1.807, 2.05) is 14.0 Å². The highest BCUT2D eigenvalue weighted by molar-refractivity contribution is 7.10. The van der Waals surface area contributed by atoms with Crippen LogP contribution in [-0.4, -0.2) is 42.4 Å². The van der Waals surface area contributed by atoms with Crippen LogP contribution in [0.2, 0.25) is 0 Å². The molecule has 6 heteroatoms. The molecule has 116 valence electrons. The summed E-state index contributed by atoms with van der Waals surface area (Å²) in [6, 6.07) is 4.67. The van der Waals surface area contributed by atoms with Crippen molar-refractivity contribution in [2.75, 3.05) is 27.7 Å². The van der Waals surface area contributed by atoms with Gasteiger partial charge in [0, 0.05) is 25.0 Å². The molecule has 0 aromatic carbocycles. The first kappa shape index (κ1) is 16.0. The smallest absolute Gasteiger partial charge is 0.216 e. The van der Waals surface area contributed by atoms with Gasteiger partial charge in [-0.05, 0) is 32.5 Å². The van der Waals surface area contributed by atoms with Gasteiger partial charge in [-0.15, -0.1) is 11.3 Å². The van der Waals surface area contributed by atoms with Crippen LogP contribution in [-0.2, 0) is 13.6 Å². The lowest BCUT2D eigenvalue weighted by atomic mass is 10.2. The molecule has 0 aliphatic heterocycles. The number of aryl methyl sites for hydroxylation is 2. The number of thiophene rings is 1. The van der Waals surface area contributed by atoms with E-state index >= 15 is 0 Å². The Kier molecular flexibility index (Phi) is 5.39. The molecule has 2 aromatic rings. The molecule has 0 fully saturated rings. The van der Waals surface area contributed by atoms with E-state index in [0.29, 0.717) is 6.04 Å². The topological polar surface area (TPSA) is 42.3 Å². The second-order valence-electron chi connectivity index (χ2n) is 5.32. The Hall–Kier alpha value is -1.37. The molecule has 0 amide bonds. The first-order chi connectivity index (χ1) is 10.0. The number of likely N-dealkylation sites (N-methyl/N-ethyl adjacent to an activating group) is 1. The summed E-state index contributed by atoms with van der Waals surface area (Å²) in [4.78, 5) is 3.62. The Morgan fingerprint density at radius 1 is 1.48 bits per heavy atom. The summed E-state index contributed by atoms with van der Waals surface area (Å²) >= 11 is 1.80. The number of aromatic nitrogens is 2. The third kappa shape index (κ3) is 3.64. The zero-order chi connectivity index (χ0) is 15.4. The largest absolute Gasteiger partial charge is 0.481 e. The lowest BCUT2D eigenvalue weighted by Gasteiger charge is -2.23. The minimum atomic E-state index is 0.382. The molecule has 0 aliphatic carbocycles. The molecule has 0 radical (unpaired) electrons. The average molecular weight is 308 g/mol. The van der Waals surface area contributed by atoms with Crippen molar-refractivity contribution in [3.05, 3.63) is 33.6 Å². The molecule has 1 N–H and O–H groups in total. The predicted octanol–water partition coefficient (Wildman–Crippen LogP) is 2.19.